The fraction of sp³-hybridized carbons (Fsp3) is 0.400. The first-order valence-corrected chi connectivity index (χ1v) is 4.39. The summed E-state index contributed by atoms with van der Waals surface area (Å²) in [4.78, 5) is 0. The van der Waals surface area contributed by atoms with Gasteiger partial charge in [-0.3, -0.25) is 0 Å². The minimum absolute atomic E-state index is 0.0804. The molecular weight excluding hydrogens is 166 g/mol. The number of hydrogen-bond acceptors (Lipinski definition) is 3. The molecule has 1 aliphatic carbocycles. The van der Waals surface area contributed by atoms with Gasteiger partial charge in [-0.1, -0.05) is 6.07 Å². The third-order valence-electron chi connectivity index (χ3n) is 2.64. The Morgan fingerprint density at radius 2 is 2.23 bits per heavy atom. The fourth-order valence-electron chi connectivity index (χ4n) is 1.88. The number of likely N-dealkylation sites (N-methyl/N-ethyl adjacent to an activating group) is 1. The third kappa shape index (κ3) is 1.30. The molecule has 1 aromatic rings. The Hall–Kier alpha value is -1.06. The van der Waals surface area contributed by atoms with Crippen LogP contribution in [0.25, 0.3) is 0 Å². The van der Waals surface area contributed by atoms with Gasteiger partial charge in [0.2, 0.25) is 0 Å². The topological polar surface area (TPSA) is 52.5 Å². The van der Waals surface area contributed by atoms with Crippen LogP contribution in [0.3, 0.4) is 0 Å². The lowest BCUT2D eigenvalue weighted by molar-refractivity contribution is 0.146. The zero-order chi connectivity index (χ0) is 9.42. The molecule has 0 fully saturated rings. The summed E-state index contributed by atoms with van der Waals surface area (Å²) >= 11 is 0. The van der Waals surface area contributed by atoms with E-state index in [1.54, 1.807) is 18.2 Å². The Labute approximate surface area is 77.0 Å². The summed E-state index contributed by atoms with van der Waals surface area (Å²) in [6.45, 7) is 0. The largest absolute Gasteiger partial charge is 0.508 e. The van der Waals surface area contributed by atoms with E-state index in [2.05, 4.69) is 5.32 Å². The molecular formula is C10H13NO2. The van der Waals surface area contributed by atoms with Gasteiger partial charge in [-0.15, -0.1) is 0 Å². The molecule has 2 unspecified atom stereocenters. The monoisotopic (exact) mass is 179 g/mol. The predicted octanol–water partition coefficient (Wildman–Crippen LogP) is 0.570. The van der Waals surface area contributed by atoms with Gasteiger partial charge in [0.15, 0.2) is 0 Å². The molecule has 1 aromatic carbocycles. The Morgan fingerprint density at radius 1 is 1.46 bits per heavy atom. The molecule has 0 amide bonds. The van der Waals surface area contributed by atoms with Crippen LogP contribution in [-0.2, 0) is 6.42 Å². The van der Waals surface area contributed by atoms with E-state index >= 15 is 0 Å². The van der Waals surface area contributed by atoms with Gasteiger partial charge in [-0.2, -0.15) is 0 Å². The summed E-state index contributed by atoms with van der Waals surface area (Å²) in [7, 11) is 1.83. The Balaban J connectivity index is 2.38. The van der Waals surface area contributed by atoms with Gasteiger partial charge in [-0.05, 0) is 36.7 Å². The van der Waals surface area contributed by atoms with Crippen molar-refractivity contribution < 1.29 is 10.2 Å². The number of nitrogens with one attached hydrogen (secondary N) is 1. The highest BCUT2D eigenvalue weighted by molar-refractivity contribution is 5.41. The zero-order valence-electron chi connectivity index (χ0n) is 7.49. The van der Waals surface area contributed by atoms with Gasteiger partial charge in [0.1, 0.15) is 5.75 Å². The zero-order valence-corrected chi connectivity index (χ0v) is 7.49. The molecule has 0 aromatic heterocycles. The van der Waals surface area contributed by atoms with Crippen molar-refractivity contribution >= 4 is 0 Å². The number of fused-ring (bicyclic) bond motifs is 1. The highest BCUT2D eigenvalue weighted by atomic mass is 16.3. The van der Waals surface area contributed by atoms with Crippen molar-refractivity contribution in [2.75, 3.05) is 7.05 Å². The molecule has 2 atom stereocenters. The Morgan fingerprint density at radius 3 is 2.92 bits per heavy atom. The molecule has 3 N–H and O–H groups in total. The van der Waals surface area contributed by atoms with Crippen LogP contribution < -0.4 is 5.32 Å². The van der Waals surface area contributed by atoms with E-state index in [9.17, 15) is 10.2 Å². The Bertz CT molecular complexity index is 325. The van der Waals surface area contributed by atoms with Crippen molar-refractivity contribution in [1.29, 1.82) is 0 Å². The maximum absolute atomic E-state index is 9.79. The van der Waals surface area contributed by atoms with Crippen molar-refractivity contribution in [1.82, 2.24) is 5.32 Å². The summed E-state index contributed by atoms with van der Waals surface area (Å²) < 4.78 is 0. The van der Waals surface area contributed by atoms with Crippen LogP contribution in [0.2, 0.25) is 0 Å². The second kappa shape index (κ2) is 3.01. The summed E-state index contributed by atoms with van der Waals surface area (Å²) in [5.41, 5.74) is 1.96. The maximum atomic E-state index is 9.79. The van der Waals surface area contributed by atoms with Crippen molar-refractivity contribution in [2.45, 2.75) is 18.6 Å². The minimum Gasteiger partial charge on any atom is -0.508 e. The van der Waals surface area contributed by atoms with Gasteiger partial charge in [0.05, 0.1) is 6.10 Å². The van der Waals surface area contributed by atoms with Gasteiger partial charge >= 0.3 is 0 Å². The minimum atomic E-state index is -0.444. The smallest absolute Gasteiger partial charge is 0.115 e. The molecule has 0 bridgehead atoms. The van der Waals surface area contributed by atoms with E-state index in [0.717, 1.165) is 17.5 Å². The number of benzene rings is 1. The van der Waals surface area contributed by atoms with Crippen molar-refractivity contribution in [3.8, 4) is 5.75 Å². The van der Waals surface area contributed by atoms with Gasteiger partial charge < -0.3 is 15.5 Å². The number of aliphatic hydroxyl groups excluding tert-OH is 1. The van der Waals surface area contributed by atoms with Crippen molar-refractivity contribution in [3.05, 3.63) is 29.3 Å². The molecule has 70 valence electrons. The van der Waals surface area contributed by atoms with E-state index < -0.39 is 6.10 Å². The van der Waals surface area contributed by atoms with Crippen LogP contribution >= 0.6 is 0 Å². The normalized spacial score (nSPS) is 26.0. The van der Waals surface area contributed by atoms with Gasteiger partial charge in [0.25, 0.3) is 0 Å². The number of hydrogen-bond donors (Lipinski definition) is 3. The van der Waals surface area contributed by atoms with Gasteiger partial charge in [0, 0.05) is 6.04 Å². The fourth-order valence-corrected chi connectivity index (χ4v) is 1.88. The highest BCUT2D eigenvalue weighted by Crippen LogP contribution is 2.33. The summed E-state index contributed by atoms with van der Waals surface area (Å²) in [5, 5.41) is 22.1. The highest BCUT2D eigenvalue weighted by Gasteiger charge is 2.29. The van der Waals surface area contributed by atoms with Crippen molar-refractivity contribution in [3.63, 3.8) is 0 Å². The maximum Gasteiger partial charge on any atom is 0.115 e. The third-order valence-corrected chi connectivity index (χ3v) is 2.64. The molecule has 0 spiro atoms. The predicted molar refractivity (Wildman–Crippen MR) is 49.6 cm³/mol. The van der Waals surface area contributed by atoms with Crippen LogP contribution in [0.4, 0.5) is 0 Å². The SMILES string of the molecule is CNC1Cc2cc(O)ccc2C1O. The van der Waals surface area contributed by atoms with Crippen LogP contribution in [0, 0.1) is 0 Å². The summed E-state index contributed by atoms with van der Waals surface area (Å²) in [6, 6.07) is 5.19. The first-order chi connectivity index (χ1) is 6.22. The number of phenolic OH excluding ortho intramolecular Hbond substituents is 1. The van der Waals surface area contributed by atoms with E-state index in [1.165, 1.54) is 0 Å². The standard InChI is InChI=1S/C10H13NO2/c1-11-9-5-6-4-7(12)2-3-8(6)10(9)13/h2-4,9-13H,5H2,1H3. The molecule has 2 rings (SSSR count). The first kappa shape index (κ1) is 8.53. The van der Waals surface area contributed by atoms with Crippen LogP contribution in [0.15, 0.2) is 18.2 Å². The molecule has 0 radical (unpaired) electrons. The molecule has 0 saturated carbocycles. The Kier molecular flexibility index (Phi) is 1.98. The molecule has 13 heavy (non-hydrogen) atoms. The molecule has 1 aliphatic rings. The lowest BCUT2D eigenvalue weighted by Crippen LogP contribution is -2.29. The van der Waals surface area contributed by atoms with E-state index in [4.69, 9.17) is 0 Å². The van der Waals surface area contributed by atoms with Gasteiger partial charge in [-0.25, -0.2) is 0 Å². The molecule has 0 saturated heterocycles. The molecule has 3 nitrogen and oxygen atoms in total. The number of aliphatic hydroxyl groups is 1. The van der Waals surface area contributed by atoms with Crippen LogP contribution in [0.1, 0.15) is 17.2 Å². The van der Waals surface area contributed by atoms with Crippen molar-refractivity contribution in [2.24, 2.45) is 0 Å². The van der Waals surface area contributed by atoms with Crippen LogP contribution in [0.5, 0.6) is 5.75 Å². The molecule has 0 heterocycles. The number of rotatable bonds is 1. The lowest BCUT2D eigenvalue weighted by Gasteiger charge is -2.12. The van der Waals surface area contributed by atoms with E-state index in [0.29, 0.717) is 0 Å². The second-order valence-corrected chi connectivity index (χ2v) is 3.43. The quantitative estimate of drug-likeness (QED) is 0.590. The first-order valence-electron chi connectivity index (χ1n) is 4.39. The summed E-state index contributed by atoms with van der Waals surface area (Å²) in [5.74, 6) is 0.266. The number of phenols is 1. The van der Waals surface area contributed by atoms with Crippen LogP contribution in [-0.4, -0.2) is 23.3 Å². The average molecular weight is 179 g/mol. The average Bonchev–Trinajstić information content (AvgIpc) is 2.42. The lowest BCUT2D eigenvalue weighted by atomic mass is 10.1. The number of aromatic hydroxyl groups is 1. The molecule has 0 aliphatic heterocycles. The summed E-state index contributed by atoms with van der Waals surface area (Å²) in [6.07, 6.45) is 0.335. The van der Waals surface area contributed by atoms with E-state index in [-0.39, 0.29) is 11.8 Å². The van der Waals surface area contributed by atoms with E-state index in [1.807, 2.05) is 7.05 Å². The second-order valence-electron chi connectivity index (χ2n) is 3.43. The molecule has 3 heteroatoms.